The molecule has 162 valence electrons. The molecular formula is C20H23N7O2S2. The molecule has 3 aromatic rings. The molecule has 0 saturated carbocycles. The monoisotopic (exact) mass is 457 g/mol. The molecule has 3 heterocycles. The SMILES string of the molecule is CN1CCN(c2nc3c(s2)-c2nc(Nc4cccc(S(N)(=O)=O)c4)ncc2CC3)CC1. The number of hydrogen-bond donors (Lipinski definition) is 2. The van der Waals surface area contributed by atoms with E-state index in [0.717, 1.165) is 66.0 Å². The summed E-state index contributed by atoms with van der Waals surface area (Å²) in [6.45, 7) is 4.03. The molecule has 2 aromatic heterocycles. The van der Waals surface area contributed by atoms with Crippen LogP contribution in [-0.4, -0.2) is 61.5 Å². The quantitative estimate of drug-likeness (QED) is 0.609. The molecule has 1 saturated heterocycles. The number of thiazole rings is 1. The largest absolute Gasteiger partial charge is 0.346 e. The number of benzene rings is 1. The second kappa shape index (κ2) is 7.83. The van der Waals surface area contributed by atoms with Crippen LogP contribution in [0, 0.1) is 0 Å². The van der Waals surface area contributed by atoms with Gasteiger partial charge in [-0.15, -0.1) is 0 Å². The summed E-state index contributed by atoms with van der Waals surface area (Å²) in [6, 6.07) is 6.31. The van der Waals surface area contributed by atoms with Crippen LogP contribution >= 0.6 is 11.3 Å². The van der Waals surface area contributed by atoms with Crippen molar-refractivity contribution in [3.63, 3.8) is 0 Å². The van der Waals surface area contributed by atoms with Gasteiger partial charge in [-0.3, -0.25) is 0 Å². The summed E-state index contributed by atoms with van der Waals surface area (Å²) >= 11 is 1.69. The lowest BCUT2D eigenvalue weighted by Crippen LogP contribution is -2.44. The Bertz CT molecular complexity index is 1230. The number of rotatable bonds is 4. The topological polar surface area (TPSA) is 117 Å². The first-order valence-electron chi connectivity index (χ1n) is 10.1. The Balaban J connectivity index is 1.44. The Morgan fingerprint density at radius 3 is 2.71 bits per heavy atom. The van der Waals surface area contributed by atoms with E-state index in [2.05, 4.69) is 27.1 Å². The maximum atomic E-state index is 11.6. The lowest BCUT2D eigenvalue weighted by molar-refractivity contribution is 0.312. The van der Waals surface area contributed by atoms with Gasteiger partial charge in [0.2, 0.25) is 16.0 Å². The highest BCUT2D eigenvalue weighted by molar-refractivity contribution is 7.89. The molecule has 0 spiro atoms. The molecule has 5 rings (SSSR count). The molecule has 1 aromatic carbocycles. The van der Waals surface area contributed by atoms with Crippen molar-refractivity contribution >= 4 is 38.1 Å². The minimum absolute atomic E-state index is 0.0389. The van der Waals surface area contributed by atoms with E-state index >= 15 is 0 Å². The van der Waals surface area contributed by atoms with Gasteiger partial charge in [-0.25, -0.2) is 28.5 Å². The van der Waals surface area contributed by atoms with Gasteiger partial charge in [-0.2, -0.15) is 0 Å². The van der Waals surface area contributed by atoms with Crippen LogP contribution in [0.5, 0.6) is 0 Å². The molecule has 31 heavy (non-hydrogen) atoms. The van der Waals surface area contributed by atoms with Crippen molar-refractivity contribution in [3.05, 3.63) is 41.7 Å². The zero-order valence-electron chi connectivity index (χ0n) is 17.1. The third-order valence-corrected chi connectivity index (χ3v) is 7.67. The highest BCUT2D eigenvalue weighted by Crippen LogP contribution is 2.40. The molecule has 0 amide bonds. The summed E-state index contributed by atoms with van der Waals surface area (Å²) < 4.78 is 23.2. The Morgan fingerprint density at radius 1 is 1.13 bits per heavy atom. The minimum Gasteiger partial charge on any atom is -0.346 e. The summed E-state index contributed by atoms with van der Waals surface area (Å²) in [5.41, 5.74) is 3.65. The Morgan fingerprint density at radius 2 is 1.94 bits per heavy atom. The van der Waals surface area contributed by atoms with Gasteiger partial charge in [0.1, 0.15) is 0 Å². The van der Waals surface area contributed by atoms with Gasteiger partial charge in [0.05, 0.1) is 21.2 Å². The fraction of sp³-hybridized carbons (Fsp3) is 0.350. The lowest BCUT2D eigenvalue weighted by atomic mass is 10.00. The zero-order chi connectivity index (χ0) is 21.6. The van der Waals surface area contributed by atoms with Gasteiger partial charge in [0, 0.05) is 38.1 Å². The summed E-state index contributed by atoms with van der Waals surface area (Å²) in [6.07, 6.45) is 3.58. The maximum absolute atomic E-state index is 11.6. The predicted octanol–water partition coefficient (Wildman–Crippen LogP) is 1.84. The van der Waals surface area contributed by atoms with E-state index < -0.39 is 10.0 Å². The number of piperazine rings is 1. The van der Waals surface area contributed by atoms with Gasteiger partial charge >= 0.3 is 0 Å². The first kappa shape index (κ1) is 20.3. The predicted molar refractivity (Wildman–Crippen MR) is 121 cm³/mol. The first-order valence-corrected chi connectivity index (χ1v) is 12.4. The summed E-state index contributed by atoms with van der Waals surface area (Å²) in [5, 5.41) is 9.39. The number of nitrogens with zero attached hydrogens (tertiary/aromatic N) is 5. The van der Waals surface area contributed by atoms with Crippen molar-refractivity contribution in [2.45, 2.75) is 17.7 Å². The maximum Gasteiger partial charge on any atom is 0.238 e. The van der Waals surface area contributed by atoms with Gasteiger partial charge < -0.3 is 15.1 Å². The van der Waals surface area contributed by atoms with Crippen LogP contribution in [0.1, 0.15) is 11.3 Å². The number of nitrogens with one attached hydrogen (secondary N) is 1. The Kier molecular flexibility index (Phi) is 5.13. The second-order valence-corrected chi connectivity index (χ2v) is 10.4. The summed E-state index contributed by atoms with van der Waals surface area (Å²) in [5.74, 6) is 0.410. The standard InChI is InChI=1S/C20H23N7O2S2/c1-26-7-9-27(10-8-26)20-24-16-6-5-13-12-22-19(25-17(13)18(16)30-20)23-14-3-2-4-15(11-14)31(21,28)29/h2-4,11-12H,5-10H2,1H3,(H2,21,28,29)(H,22,23,25). The van der Waals surface area contributed by atoms with Crippen molar-refractivity contribution in [1.29, 1.82) is 0 Å². The lowest BCUT2D eigenvalue weighted by Gasteiger charge is -2.32. The van der Waals surface area contributed by atoms with E-state index in [9.17, 15) is 8.42 Å². The molecule has 9 nitrogen and oxygen atoms in total. The van der Waals surface area contributed by atoms with E-state index in [1.807, 2.05) is 6.20 Å². The van der Waals surface area contributed by atoms with E-state index in [-0.39, 0.29) is 4.90 Å². The minimum atomic E-state index is -3.78. The van der Waals surface area contributed by atoms with Crippen molar-refractivity contribution in [2.24, 2.45) is 5.14 Å². The molecule has 0 radical (unpaired) electrons. The molecule has 1 fully saturated rings. The number of aryl methyl sites for hydroxylation is 2. The van der Waals surface area contributed by atoms with Gasteiger partial charge in [-0.05, 0) is 43.7 Å². The number of aromatic nitrogens is 3. The fourth-order valence-electron chi connectivity index (χ4n) is 3.81. The number of likely N-dealkylation sites (N-methyl/N-ethyl adjacent to an activating group) is 1. The molecule has 0 atom stereocenters. The zero-order valence-corrected chi connectivity index (χ0v) is 18.7. The molecule has 3 N–H and O–H groups in total. The molecule has 1 aliphatic heterocycles. The molecular weight excluding hydrogens is 434 g/mol. The average Bonchev–Trinajstić information content (AvgIpc) is 3.19. The second-order valence-electron chi connectivity index (χ2n) is 7.83. The van der Waals surface area contributed by atoms with E-state index in [0.29, 0.717) is 11.6 Å². The van der Waals surface area contributed by atoms with Crippen LogP contribution < -0.4 is 15.4 Å². The van der Waals surface area contributed by atoms with Crippen molar-refractivity contribution in [1.82, 2.24) is 19.9 Å². The van der Waals surface area contributed by atoms with Crippen LogP contribution in [0.3, 0.4) is 0 Å². The smallest absolute Gasteiger partial charge is 0.238 e. The number of anilines is 3. The van der Waals surface area contributed by atoms with Crippen molar-refractivity contribution < 1.29 is 8.42 Å². The number of hydrogen-bond acceptors (Lipinski definition) is 9. The van der Waals surface area contributed by atoms with E-state index in [1.165, 1.54) is 12.1 Å². The normalized spacial score (nSPS) is 16.6. The molecule has 1 aliphatic carbocycles. The first-order chi connectivity index (χ1) is 14.9. The van der Waals surface area contributed by atoms with E-state index in [1.54, 1.807) is 23.5 Å². The van der Waals surface area contributed by atoms with Crippen LogP contribution in [0.4, 0.5) is 16.8 Å². The fourth-order valence-corrected chi connectivity index (χ4v) is 5.55. The number of sulfonamides is 1. The third kappa shape index (κ3) is 4.13. The molecule has 0 bridgehead atoms. The van der Waals surface area contributed by atoms with Crippen molar-refractivity contribution in [3.8, 4) is 10.6 Å². The highest BCUT2D eigenvalue weighted by atomic mass is 32.2. The summed E-state index contributed by atoms with van der Waals surface area (Å²) in [7, 11) is -1.64. The number of nitrogens with two attached hydrogens (primary N) is 1. The van der Waals surface area contributed by atoms with Crippen LogP contribution in [0.2, 0.25) is 0 Å². The number of fused-ring (bicyclic) bond motifs is 3. The summed E-state index contributed by atoms with van der Waals surface area (Å²) in [4.78, 5) is 19.9. The van der Waals surface area contributed by atoms with Gasteiger partial charge in [0.25, 0.3) is 0 Å². The highest BCUT2D eigenvalue weighted by Gasteiger charge is 2.26. The van der Waals surface area contributed by atoms with Gasteiger partial charge in [0.15, 0.2) is 5.13 Å². The van der Waals surface area contributed by atoms with Crippen LogP contribution in [0.25, 0.3) is 10.6 Å². The average molecular weight is 458 g/mol. The molecule has 0 unspecified atom stereocenters. The Labute approximate surface area is 185 Å². The van der Waals surface area contributed by atoms with Gasteiger partial charge in [-0.1, -0.05) is 17.4 Å². The van der Waals surface area contributed by atoms with E-state index in [4.69, 9.17) is 15.1 Å². The molecule has 11 heteroatoms. The van der Waals surface area contributed by atoms with Crippen molar-refractivity contribution in [2.75, 3.05) is 43.4 Å². The molecule has 2 aliphatic rings. The van der Waals surface area contributed by atoms with Crippen LogP contribution in [0.15, 0.2) is 35.4 Å². The third-order valence-electron chi connectivity index (χ3n) is 5.59. The Hall–Kier alpha value is -2.60. The number of primary sulfonamides is 1. The van der Waals surface area contributed by atoms with Crippen LogP contribution in [-0.2, 0) is 22.9 Å².